The summed E-state index contributed by atoms with van der Waals surface area (Å²) in [7, 11) is -3.45. The zero-order valence-electron chi connectivity index (χ0n) is 10.7. The van der Waals surface area contributed by atoms with E-state index >= 15 is 0 Å². The second-order valence-electron chi connectivity index (χ2n) is 5.17. The Hall–Kier alpha value is -0.870. The molecule has 0 spiro atoms. The maximum Gasteiger partial charge on any atom is 0.186 e. The number of aliphatic hydroxyl groups is 1. The summed E-state index contributed by atoms with van der Waals surface area (Å²) in [6, 6.07) is 7.03. The number of hydrogen-bond donors (Lipinski definition) is 1. The molecule has 0 radical (unpaired) electrons. The van der Waals surface area contributed by atoms with Gasteiger partial charge in [0.25, 0.3) is 0 Å². The number of rotatable bonds is 3. The van der Waals surface area contributed by atoms with Crippen molar-refractivity contribution in [1.29, 1.82) is 0 Å². The number of sulfone groups is 1. The van der Waals surface area contributed by atoms with E-state index in [0.717, 1.165) is 24.8 Å². The fraction of sp³-hybridized carbons (Fsp3) is 0.571. The fourth-order valence-corrected chi connectivity index (χ4v) is 5.01. The minimum Gasteiger partial charge on any atom is -0.395 e. The van der Waals surface area contributed by atoms with Crippen molar-refractivity contribution in [2.75, 3.05) is 6.61 Å². The van der Waals surface area contributed by atoms with Crippen LogP contribution in [0.15, 0.2) is 29.2 Å². The molecule has 0 aromatic heterocycles. The minimum atomic E-state index is -3.45. The van der Waals surface area contributed by atoms with Crippen LogP contribution in [0.25, 0.3) is 0 Å². The highest BCUT2D eigenvalue weighted by molar-refractivity contribution is 7.93. The summed E-state index contributed by atoms with van der Waals surface area (Å²) >= 11 is 0. The van der Waals surface area contributed by atoms with Crippen LogP contribution in [0.3, 0.4) is 0 Å². The van der Waals surface area contributed by atoms with Crippen LogP contribution in [-0.4, -0.2) is 24.9 Å². The van der Waals surface area contributed by atoms with Crippen molar-refractivity contribution in [3.63, 3.8) is 0 Å². The van der Waals surface area contributed by atoms with Gasteiger partial charge in [-0.1, -0.05) is 37.5 Å². The van der Waals surface area contributed by atoms with E-state index in [4.69, 9.17) is 0 Å². The first-order valence-corrected chi connectivity index (χ1v) is 7.93. The molecule has 0 heterocycles. The van der Waals surface area contributed by atoms with Crippen LogP contribution in [0.2, 0.25) is 0 Å². The lowest BCUT2D eigenvalue weighted by Crippen LogP contribution is -2.44. The second-order valence-corrected chi connectivity index (χ2v) is 7.48. The average molecular weight is 268 g/mol. The summed E-state index contributed by atoms with van der Waals surface area (Å²) in [6.45, 7) is 1.53. The van der Waals surface area contributed by atoms with Crippen molar-refractivity contribution in [2.45, 2.75) is 48.7 Å². The first-order chi connectivity index (χ1) is 8.53. The highest BCUT2D eigenvalue weighted by Gasteiger charge is 2.45. The quantitative estimate of drug-likeness (QED) is 0.916. The standard InChI is InChI=1S/C14H20O3S/c1-12-7-3-4-8-13(12)18(16,17)14(11-15)9-5-2-6-10-14/h3-4,7-8,15H,2,5-6,9-11H2,1H3. The lowest BCUT2D eigenvalue weighted by Gasteiger charge is -2.35. The van der Waals surface area contributed by atoms with E-state index in [1.165, 1.54) is 0 Å². The molecule has 100 valence electrons. The highest BCUT2D eigenvalue weighted by Crippen LogP contribution is 2.39. The Morgan fingerprint density at radius 1 is 1.17 bits per heavy atom. The van der Waals surface area contributed by atoms with E-state index in [0.29, 0.717) is 17.7 Å². The molecule has 0 amide bonds. The molecule has 4 heteroatoms. The smallest absolute Gasteiger partial charge is 0.186 e. The number of benzene rings is 1. The third-order valence-electron chi connectivity index (χ3n) is 4.01. The summed E-state index contributed by atoms with van der Waals surface area (Å²) < 4.78 is 24.6. The van der Waals surface area contributed by atoms with Crippen molar-refractivity contribution in [3.8, 4) is 0 Å². The molecular formula is C14H20O3S. The van der Waals surface area contributed by atoms with E-state index in [1.807, 2.05) is 6.07 Å². The monoisotopic (exact) mass is 268 g/mol. The van der Waals surface area contributed by atoms with Crippen LogP contribution in [0.1, 0.15) is 37.7 Å². The van der Waals surface area contributed by atoms with Crippen LogP contribution >= 0.6 is 0 Å². The van der Waals surface area contributed by atoms with Gasteiger partial charge < -0.3 is 5.11 Å². The molecule has 3 nitrogen and oxygen atoms in total. The van der Waals surface area contributed by atoms with Gasteiger partial charge in [0.1, 0.15) is 0 Å². The third-order valence-corrected chi connectivity index (χ3v) is 6.72. The van der Waals surface area contributed by atoms with Crippen molar-refractivity contribution in [2.24, 2.45) is 0 Å². The van der Waals surface area contributed by atoms with Gasteiger partial charge in [-0.2, -0.15) is 0 Å². The molecule has 0 unspecified atom stereocenters. The maximum atomic E-state index is 12.8. The molecule has 1 fully saturated rings. The van der Waals surface area contributed by atoms with Crippen molar-refractivity contribution < 1.29 is 13.5 Å². The van der Waals surface area contributed by atoms with Gasteiger partial charge in [0, 0.05) is 0 Å². The van der Waals surface area contributed by atoms with Crippen LogP contribution < -0.4 is 0 Å². The summed E-state index contributed by atoms with van der Waals surface area (Å²) in [6.07, 6.45) is 3.96. The molecule has 1 aliphatic carbocycles. The second kappa shape index (κ2) is 5.02. The van der Waals surface area contributed by atoms with E-state index < -0.39 is 14.6 Å². The summed E-state index contributed by atoms with van der Waals surface area (Å²) in [5.41, 5.74) is 0.760. The summed E-state index contributed by atoms with van der Waals surface area (Å²) in [5.74, 6) is 0. The van der Waals surface area contributed by atoms with Crippen LogP contribution in [0.5, 0.6) is 0 Å². The van der Waals surface area contributed by atoms with Gasteiger partial charge in [0.2, 0.25) is 0 Å². The van der Waals surface area contributed by atoms with E-state index in [1.54, 1.807) is 25.1 Å². The molecule has 18 heavy (non-hydrogen) atoms. The van der Waals surface area contributed by atoms with E-state index in [2.05, 4.69) is 0 Å². The summed E-state index contributed by atoms with van der Waals surface area (Å²) in [4.78, 5) is 0.376. The molecule has 1 saturated carbocycles. The molecule has 2 rings (SSSR count). The van der Waals surface area contributed by atoms with Gasteiger partial charge in [-0.15, -0.1) is 0 Å². The van der Waals surface area contributed by atoms with Gasteiger partial charge in [0.05, 0.1) is 16.2 Å². The number of hydrogen-bond acceptors (Lipinski definition) is 3. The van der Waals surface area contributed by atoms with Crippen LogP contribution in [0, 0.1) is 6.92 Å². The molecule has 0 saturated heterocycles. The van der Waals surface area contributed by atoms with Gasteiger partial charge in [0.15, 0.2) is 9.84 Å². The van der Waals surface area contributed by atoms with Gasteiger partial charge >= 0.3 is 0 Å². The van der Waals surface area contributed by atoms with Gasteiger partial charge in [-0.25, -0.2) is 8.42 Å². The van der Waals surface area contributed by atoms with Gasteiger partial charge in [-0.05, 0) is 31.4 Å². The molecule has 1 N–H and O–H groups in total. The molecule has 1 aromatic carbocycles. The lowest BCUT2D eigenvalue weighted by atomic mass is 9.89. The Morgan fingerprint density at radius 2 is 1.78 bits per heavy atom. The normalized spacial score (nSPS) is 19.7. The van der Waals surface area contributed by atoms with E-state index in [-0.39, 0.29) is 6.61 Å². The van der Waals surface area contributed by atoms with Crippen molar-refractivity contribution in [1.82, 2.24) is 0 Å². The minimum absolute atomic E-state index is 0.274. The maximum absolute atomic E-state index is 12.8. The fourth-order valence-electron chi connectivity index (χ4n) is 2.80. The molecule has 1 aromatic rings. The number of aryl methyl sites for hydroxylation is 1. The van der Waals surface area contributed by atoms with Gasteiger partial charge in [-0.3, -0.25) is 0 Å². The van der Waals surface area contributed by atoms with Crippen molar-refractivity contribution in [3.05, 3.63) is 29.8 Å². The molecule has 0 aliphatic heterocycles. The largest absolute Gasteiger partial charge is 0.395 e. The van der Waals surface area contributed by atoms with Crippen LogP contribution in [-0.2, 0) is 9.84 Å². The Balaban J connectivity index is 2.50. The van der Waals surface area contributed by atoms with E-state index in [9.17, 15) is 13.5 Å². The lowest BCUT2D eigenvalue weighted by molar-refractivity contribution is 0.205. The SMILES string of the molecule is Cc1ccccc1S(=O)(=O)C1(CO)CCCCC1. The predicted octanol–water partition coefficient (Wildman–Crippen LogP) is 2.46. The molecule has 0 bridgehead atoms. The zero-order valence-corrected chi connectivity index (χ0v) is 11.5. The summed E-state index contributed by atoms with van der Waals surface area (Å²) in [5, 5.41) is 9.65. The predicted molar refractivity (Wildman–Crippen MR) is 71.3 cm³/mol. The Labute approximate surface area is 109 Å². The Kier molecular flexibility index (Phi) is 3.78. The first-order valence-electron chi connectivity index (χ1n) is 6.45. The number of aliphatic hydroxyl groups excluding tert-OH is 1. The Bertz CT molecular complexity index is 514. The van der Waals surface area contributed by atoms with Crippen LogP contribution in [0.4, 0.5) is 0 Å². The molecule has 1 aliphatic rings. The zero-order chi connectivity index (χ0) is 13.2. The van der Waals surface area contributed by atoms with Crippen molar-refractivity contribution >= 4 is 9.84 Å². The average Bonchev–Trinajstić information content (AvgIpc) is 2.39. The Morgan fingerprint density at radius 3 is 2.33 bits per heavy atom. The molecule has 0 atom stereocenters. The first kappa shape index (κ1) is 13.6. The molecular weight excluding hydrogens is 248 g/mol. The topological polar surface area (TPSA) is 54.4 Å². The third kappa shape index (κ3) is 2.08. The highest BCUT2D eigenvalue weighted by atomic mass is 32.2.